The number of carbonyl (C=O) groups excluding carboxylic acids is 2. The van der Waals surface area contributed by atoms with Crippen molar-refractivity contribution in [1.82, 2.24) is 0 Å². The number of ether oxygens (including phenoxy) is 2. The molecule has 0 saturated carbocycles. The fourth-order valence-corrected chi connectivity index (χ4v) is 6.86. The van der Waals surface area contributed by atoms with E-state index in [-0.39, 0.29) is 0 Å². The number of fused-ring (bicyclic) bond motifs is 3. The van der Waals surface area contributed by atoms with E-state index in [2.05, 4.69) is 52.0 Å². The third-order valence-corrected chi connectivity index (χ3v) is 8.66. The predicted octanol–water partition coefficient (Wildman–Crippen LogP) is 8.50. The Labute approximate surface area is 240 Å². The van der Waals surface area contributed by atoms with Crippen LogP contribution in [-0.4, -0.2) is 26.2 Å². The molecule has 214 valence electrons. The number of benzene rings is 3. The monoisotopic (exact) mass is 542 g/mol. The normalized spacial score (nSPS) is 12.2. The molecule has 0 bridgehead atoms. The van der Waals surface area contributed by atoms with Crippen molar-refractivity contribution in [3.05, 3.63) is 79.9 Å². The van der Waals surface area contributed by atoms with Crippen LogP contribution in [0.2, 0.25) is 0 Å². The van der Waals surface area contributed by atoms with Crippen LogP contribution in [0.15, 0.2) is 24.3 Å². The van der Waals surface area contributed by atoms with Gasteiger partial charge in [-0.05, 0) is 107 Å². The second kappa shape index (κ2) is 13.5. The van der Waals surface area contributed by atoms with Gasteiger partial charge in [-0.3, -0.25) is 0 Å². The van der Waals surface area contributed by atoms with E-state index in [4.69, 9.17) is 9.47 Å². The summed E-state index contributed by atoms with van der Waals surface area (Å²) in [6.45, 7) is 8.84. The van der Waals surface area contributed by atoms with Crippen molar-refractivity contribution in [2.75, 3.05) is 14.2 Å². The highest BCUT2D eigenvalue weighted by Crippen LogP contribution is 2.43. The molecule has 0 fully saturated rings. The average molecular weight is 543 g/mol. The van der Waals surface area contributed by atoms with Gasteiger partial charge in [0.05, 0.1) is 25.3 Å². The number of rotatable bonds is 12. The van der Waals surface area contributed by atoms with Gasteiger partial charge in [-0.25, -0.2) is 9.59 Å². The van der Waals surface area contributed by atoms with Crippen LogP contribution in [0.25, 0.3) is 10.8 Å². The highest BCUT2D eigenvalue weighted by atomic mass is 16.5. The topological polar surface area (TPSA) is 52.6 Å². The zero-order valence-corrected chi connectivity index (χ0v) is 25.4. The molecule has 3 aromatic rings. The molecule has 1 aliphatic rings. The highest BCUT2D eigenvalue weighted by molar-refractivity contribution is 6.06. The molecular formula is C36H46O4. The van der Waals surface area contributed by atoms with Crippen molar-refractivity contribution in [2.45, 2.75) is 105 Å². The summed E-state index contributed by atoms with van der Waals surface area (Å²) in [6.07, 6.45) is 11.2. The van der Waals surface area contributed by atoms with E-state index in [1.54, 1.807) is 0 Å². The second-order valence-corrected chi connectivity index (χ2v) is 11.2. The summed E-state index contributed by atoms with van der Waals surface area (Å²) >= 11 is 0. The molecule has 4 heteroatoms. The Bertz CT molecular complexity index is 1290. The molecule has 0 aliphatic heterocycles. The summed E-state index contributed by atoms with van der Waals surface area (Å²) < 4.78 is 10.7. The Morgan fingerprint density at radius 1 is 0.575 bits per heavy atom. The fourth-order valence-electron chi connectivity index (χ4n) is 6.86. The summed E-state index contributed by atoms with van der Waals surface area (Å²) in [6, 6.07) is 8.90. The molecule has 1 aliphatic carbocycles. The second-order valence-electron chi connectivity index (χ2n) is 11.2. The van der Waals surface area contributed by atoms with Crippen LogP contribution >= 0.6 is 0 Å². The van der Waals surface area contributed by atoms with Gasteiger partial charge in [0.1, 0.15) is 0 Å². The van der Waals surface area contributed by atoms with Crippen molar-refractivity contribution >= 4 is 22.7 Å². The summed E-state index contributed by atoms with van der Waals surface area (Å²) in [5.41, 5.74) is 11.1. The van der Waals surface area contributed by atoms with Gasteiger partial charge in [0.15, 0.2) is 0 Å². The van der Waals surface area contributed by atoms with Gasteiger partial charge in [0.2, 0.25) is 0 Å². The maximum absolute atomic E-state index is 13.4. The molecule has 0 saturated heterocycles. The van der Waals surface area contributed by atoms with E-state index in [1.165, 1.54) is 58.4 Å². The minimum absolute atomic E-state index is 0.433. The zero-order valence-electron chi connectivity index (χ0n) is 25.4. The van der Waals surface area contributed by atoms with E-state index in [0.29, 0.717) is 11.1 Å². The van der Waals surface area contributed by atoms with Crippen LogP contribution in [0.1, 0.15) is 131 Å². The Morgan fingerprint density at radius 3 is 1.27 bits per heavy atom. The van der Waals surface area contributed by atoms with Crippen LogP contribution in [0, 0.1) is 0 Å². The summed E-state index contributed by atoms with van der Waals surface area (Å²) in [4.78, 5) is 26.9. The molecule has 40 heavy (non-hydrogen) atoms. The molecule has 0 spiro atoms. The standard InChI is InChI=1S/C36H46O4/c1-7-11-17-27-31-21-29-23(15-9-3)25-19-13-14-20-26(25)24(16-10-4)30(29)22-32(31)28(18-12-8-2)34(36(38)40-6)33(27)35(37)39-5/h13-14,19-20H,7-12,15-18,21-22H2,1-6H3. The molecule has 4 nitrogen and oxygen atoms in total. The first-order chi connectivity index (χ1) is 19.5. The van der Waals surface area contributed by atoms with E-state index >= 15 is 0 Å². The lowest BCUT2D eigenvalue weighted by Gasteiger charge is -2.32. The summed E-state index contributed by atoms with van der Waals surface area (Å²) in [5.74, 6) is -0.867. The van der Waals surface area contributed by atoms with Gasteiger partial charge >= 0.3 is 11.9 Å². The quantitative estimate of drug-likeness (QED) is 0.168. The minimum atomic E-state index is -0.434. The van der Waals surface area contributed by atoms with E-state index < -0.39 is 11.9 Å². The molecule has 0 radical (unpaired) electrons. The van der Waals surface area contributed by atoms with Gasteiger partial charge in [0.25, 0.3) is 0 Å². The lowest BCUT2D eigenvalue weighted by molar-refractivity contribution is 0.0552. The predicted molar refractivity (Wildman–Crippen MR) is 164 cm³/mol. The highest BCUT2D eigenvalue weighted by Gasteiger charge is 2.34. The van der Waals surface area contributed by atoms with E-state index in [1.807, 2.05) is 0 Å². The number of aryl methyl sites for hydroxylation is 2. The molecule has 0 N–H and O–H groups in total. The van der Waals surface area contributed by atoms with Crippen LogP contribution in [0.5, 0.6) is 0 Å². The zero-order chi connectivity index (χ0) is 28.8. The SMILES string of the molecule is CCCCc1c2c(c(CCCC)c(C(=O)OC)c1C(=O)OC)Cc1c(c(CCC)c3ccccc3c1CCC)C2. The van der Waals surface area contributed by atoms with Crippen molar-refractivity contribution in [2.24, 2.45) is 0 Å². The number of unbranched alkanes of at least 4 members (excludes halogenated alkanes) is 2. The lowest BCUT2D eigenvalue weighted by atomic mass is 9.71. The van der Waals surface area contributed by atoms with E-state index in [0.717, 1.165) is 88.2 Å². The van der Waals surface area contributed by atoms with Gasteiger partial charge in [0, 0.05) is 0 Å². The lowest BCUT2D eigenvalue weighted by Crippen LogP contribution is -2.25. The average Bonchev–Trinajstić information content (AvgIpc) is 2.98. The molecule has 0 aromatic heterocycles. The molecule has 4 rings (SSSR count). The first kappa shape index (κ1) is 29.8. The molecule has 3 aromatic carbocycles. The number of methoxy groups -OCH3 is 2. The third-order valence-electron chi connectivity index (χ3n) is 8.66. The molecular weight excluding hydrogens is 496 g/mol. The Balaban J connectivity index is 2.14. The van der Waals surface area contributed by atoms with Crippen LogP contribution in [-0.2, 0) is 48.0 Å². The first-order valence-corrected chi connectivity index (χ1v) is 15.4. The van der Waals surface area contributed by atoms with Crippen LogP contribution in [0.4, 0.5) is 0 Å². The third kappa shape index (κ3) is 5.42. The molecule has 0 unspecified atom stereocenters. The maximum Gasteiger partial charge on any atom is 0.339 e. The minimum Gasteiger partial charge on any atom is -0.465 e. The smallest absolute Gasteiger partial charge is 0.339 e. The van der Waals surface area contributed by atoms with Crippen molar-refractivity contribution < 1.29 is 19.1 Å². The Kier molecular flexibility index (Phi) is 10.1. The first-order valence-electron chi connectivity index (χ1n) is 15.4. The number of carbonyl (C=O) groups is 2. The summed E-state index contributed by atoms with van der Waals surface area (Å²) in [5, 5.41) is 2.74. The van der Waals surface area contributed by atoms with Gasteiger partial charge in [-0.15, -0.1) is 0 Å². The van der Waals surface area contributed by atoms with Crippen molar-refractivity contribution in [3.8, 4) is 0 Å². The largest absolute Gasteiger partial charge is 0.465 e. The van der Waals surface area contributed by atoms with Crippen LogP contribution in [0.3, 0.4) is 0 Å². The number of esters is 2. The maximum atomic E-state index is 13.4. The Hall–Kier alpha value is -3.14. The summed E-state index contributed by atoms with van der Waals surface area (Å²) in [7, 11) is 2.83. The molecule has 0 atom stereocenters. The van der Waals surface area contributed by atoms with Crippen molar-refractivity contribution in [3.63, 3.8) is 0 Å². The van der Waals surface area contributed by atoms with Gasteiger partial charge in [-0.2, -0.15) is 0 Å². The molecule has 0 amide bonds. The van der Waals surface area contributed by atoms with E-state index in [9.17, 15) is 9.59 Å². The number of hydrogen-bond donors (Lipinski definition) is 0. The fraction of sp³-hybridized carbons (Fsp3) is 0.500. The van der Waals surface area contributed by atoms with Gasteiger partial charge in [-0.1, -0.05) is 77.6 Å². The van der Waals surface area contributed by atoms with Crippen molar-refractivity contribution in [1.29, 1.82) is 0 Å². The molecule has 0 heterocycles. The Morgan fingerprint density at radius 2 is 0.950 bits per heavy atom. The van der Waals surface area contributed by atoms with Gasteiger partial charge < -0.3 is 9.47 Å². The number of hydrogen-bond acceptors (Lipinski definition) is 4. The van der Waals surface area contributed by atoms with Crippen LogP contribution < -0.4 is 0 Å².